The van der Waals surface area contributed by atoms with E-state index in [9.17, 15) is 4.57 Å². The standard InChI is InChI=1S/C12H9Cl2N5.C5H11O8P/c13-8-2-1-7(9(14)3-8)4-15-11-10-12(17-5-16-10)19-6-18-11;6-3-2(1-12-14(9,10)11)13-5(8)4(3)7/h1-3,5-6H,4H2,(H2,15,16,17,18,19);2-8H,1H2,(H2,9,10,11)/t;2-,3-,4-,5?/m.1/s1. The van der Waals surface area contributed by atoms with Crippen LogP contribution in [0.3, 0.4) is 0 Å². The summed E-state index contributed by atoms with van der Waals surface area (Å²) in [5, 5.41) is 31.5. The van der Waals surface area contributed by atoms with Crippen molar-refractivity contribution >= 4 is 48.0 Å². The smallest absolute Gasteiger partial charge is 0.387 e. The molecule has 1 fully saturated rings. The highest BCUT2D eigenvalue weighted by Crippen LogP contribution is 2.37. The van der Waals surface area contributed by atoms with Crippen LogP contribution in [-0.2, 0) is 20.4 Å². The average molecular weight is 524 g/mol. The molecule has 1 aliphatic rings. The molecule has 1 aliphatic heterocycles. The van der Waals surface area contributed by atoms with Gasteiger partial charge in [0.2, 0.25) is 0 Å². The highest BCUT2D eigenvalue weighted by atomic mass is 35.5. The van der Waals surface area contributed by atoms with Gasteiger partial charge in [0.25, 0.3) is 0 Å². The van der Waals surface area contributed by atoms with Crippen LogP contribution in [0, 0.1) is 0 Å². The molecule has 33 heavy (non-hydrogen) atoms. The van der Waals surface area contributed by atoms with E-state index >= 15 is 0 Å². The van der Waals surface area contributed by atoms with Gasteiger partial charge in [-0.2, -0.15) is 0 Å². The Balaban J connectivity index is 0.000000196. The largest absolute Gasteiger partial charge is 0.469 e. The third kappa shape index (κ3) is 7.04. The third-order valence-electron chi connectivity index (χ3n) is 4.43. The molecular weight excluding hydrogens is 504 g/mol. The lowest BCUT2D eigenvalue weighted by Crippen LogP contribution is -2.34. The average Bonchev–Trinajstić information content (AvgIpc) is 3.32. The van der Waals surface area contributed by atoms with E-state index in [0.29, 0.717) is 28.1 Å². The predicted molar refractivity (Wildman–Crippen MR) is 116 cm³/mol. The first kappa shape index (κ1) is 25.7. The molecular formula is C17H20Cl2N5O8P. The maximum Gasteiger partial charge on any atom is 0.469 e. The zero-order chi connectivity index (χ0) is 24.2. The Bertz CT molecular complexity index is 1130. The molecule has 3 aromatic rings. The summed E-state index contributed by atoms with van der Waals surface area (Å²) < 4.78 is 18.9. The Morgan fingerprint density at radius 2 is 1.91 bits per heavy atom. The van der Waals surface area contributed by atoms with Crippen molar-refractivity contribution in [2.24, 2.45) is 0 Å². The number of phosphoric ester groups is 1. The summed E-state index contributed by atoms with van der Waals surface area (Å²) in [6, 6.07) is 5.39. The van der Waals surface area contributed by atoms with Crippen LogP contribution in [0.5, 0.6) is 0 Å². The van der Waals surface area contributed by atoms with Gasteiger partial charge in [-0.3, -0.25) is 4.52 Å². The number of imidazole rings is 1. The fourth-order valence-corrected chi connectivity index (χ4v) is 3.60. The predicted octanol–water partition coefficient (Wildman–Crippen LogP) is 0.806. The Kier molecular flexibility index (Phi) is 8.59. The second-order valence-corrected chi connectivity index (χ2v) is 8.83. The van der Waals surface area contributed by atoms with Crippen molar-refractivity contribution in [2.45, 2.75) is 31.1 Å². The van der Waals surface area contributed by atoms with Crippen molar-refractivity contribution in [1.82, 2.24) is 19.9 Å². The number of aromatic nitrogens is 4. The number of hydrogen-bond donors (Lipinski definition) is 7. The minimum absolute atomic E-state index is 0.543. The van der Waals surface area contributed by atoms with Gasteiger partial charge in [-0.15, -0.1) is 0 Å². The summed E-state index contributed by atoms with van der Waals surface area (Å²) in [5.41, 5.74) is 2.34. The molecule has 0 spiro atoms. The number of nitrogens with one attached hydrogen (secondary N) is 2. The molecule has 0 aliphatic carbocycles. The summed E-state index contributed by atoms with van der Waals surface area (Å²) in [7, 11) is -4.64. The van der Waals surface area contributed by atoms with E-state index in [0.717, 1.165) is 11.1 Å². The lowest BCUT2D eigenvalue weighted by Gasteiger charge is -2.14. The molecule has 7 N–H and O–H groups in total. The van der Waals surface area contributed by atoms with Gasteiger partial charge in [0.05, 0.1) is 12.9 Å². The van der Waals surface area contributed by atoms with Gasteiger partial charge in [-0.1, -0.05) is 29.3 Å². The van der Waals surface area contributed by atoms with E-state index in [4.69, 9.17) is 48.3 Å². The van der Waals surface area contributed by atoms with Crippen molar-refractivity contribution in [3.05, 3.63) is 46.5 Å². The number of hydrogen-bond acceptors (Lipinski definition) is 10. The normalized spacial score (nSPS) is 22.8. The minimum atomic E-state index is -4.64. The second kappa shape index (κ2) is 11.0. The summed E-state index contributed by atoms with van der Waals surface area (Å²) in [6.45, 7) is -0.0687. The van der Waals surface area contributed by atoms with Gasteiger partial charge in [0, 0.05) is 16.6 Å². The number of rotatable bonds is 6. The fourth-order valence-electron chi connectivity index (χ4n) is 2.78. The van der Waals surface area contributed by atoms with Gasteiger partial charge in [0.1, 0.15) is 30.2 Å². The van der Waals surface area contributed by atoms with Gasteiger partial charge >= 0.3 is 7.82 Å². The summed E-state index contributed by atoms with van der Waals surface area (Å²) in [4.78, 5) is 31.9. The lowest BCUT2D eigenvalue weighted by atomic mass is 10.1. The van der Waals surface area contributed by atoms with Crippen molar-refractivity contribution in [1.29, 1.82) is 0 Å². The molecule has 16 heteroatoms. The number of aliphatic hydroxyl groups excluding tert-OH is 3. The van der Waals surface area contributed by atoms with Gasteiger partial charge in [-0.25, -0.2) is 19.5 Å². The van der Waals surface area contributed by atoms with Crippen LogP contribution in [0.4, 0.5) is 5.82 Å². The molecule has 0 amide bonds. The van der Waals surface area contributed by atoms with E-state index in [-0.39, 0.29) is 0 Å². The Morgan fingerprint density at radius 1 is 1.15 bits per heavy atom. The first-order valence-electron chi connectivity index (χ1n) is 9.27. The van der Waals surface area contributed by atoms with Crippen LogP contribution in [0.1, 0.15) is 5.56 Å². The van der Waals surface area contributed by atoms with Crippen molar-refractivity contribution in [3.63, 3.8) is 0 Å². The van der Waals surface area contributed by atoms with Crippen LogP contribution in [0.25, 0.3) is 11.2 Å². The fraction of sp³-hybridized carbons (Fsp3) is 0.353. The highest BCUT2D eigenvalue weighted by molar-refractivity contribution is 7.46. The molecule has 4 atom stereocenters. The molecule has 1 saturated heterocycles. The van der Waals surface area contributed by atoms with Crippen molar-refractivity contribution in [2.75, 3.05) is 11.9 Å². The van der Waals surface area contributed by atoms with Crippen molar-refractivity contribution < 1.29 is 38.9 Å². The SMILES string of the molecule is Clc1ccc(CNc2ncnc3nc[nH]c23)c(Cl)c1.O=P(O)(O)OC[C@H]1OC(O)[C@H](O)[C@@H]1O. The van der Waals surface area contributed by atoms with Crippen molar-refractivity contribution in [3.8, 4) is 0 Å². The van der Waals surface area contributed by atoms with Gasteiger partial charge in [0.15, 0.2) is 17.8 Å². The molecule has 180 valence electrons. The Labute approximate surface area is 196 Å². The number of aromatic amines is 1. The minimum Gasteiger partial charge on any atom is -0.387 e. The summed E-state index contributed by atoms with van der Waals surface area (Å²) >= 11 is 12.0. The van der Waals surface area contributed by atoms with E-state index in [1.54, 1.807) is 18.5 Å². The van der Waals surface area contributed by atoms with Crippen LogP contribution >= 0.6 is 31.0 Å². The molecule has 0 bridgehead atoms. The van der Waals surface area contributed by atoms with Crippen LogP contribution in [0.2, 0.25) is 10.0 Å². The molecule has 13 nitrogen and oxygen atoms in total. The number of phosphoric acid groups is 1. The number of anilines is 1. The number of halogens is 2. The molecule has 1 unspecified atom stereocenters. The second-order valence-electron chi connectivity index (χ2n) is 6.75. The zero-order valence-electron chi connectivity index (χ0n) is 16.6. The summed E-state index contributed by atoms with van der Waals surface area (Å²) in [6.07, 6.45) is -2.62. The third-order valence-corrected chi connectivity index (χ3v) is 5.50. The lowest BCUT2D eigenvalue weighted by molar-refractivity contribution is -0.132. The Morgan fingerprint density at radius 3 is 2.55 bits per heavy atom. The first-order valence-corrected chi connectivity index (χ1v) is 11.6. The first-order chi connectivity index (χ1) is 15.5. The topological polar surface area (TPSA) is 203 Å². The molecule has 0 radical (unpaired) electrons. The number of H-pyrrole nitrogens is 1. The number of nitrogens with zero attached hydrogens (tertiary/aromatic N) is 3. The number of fused-ring (bicyclic) bond motifs is 1. The van der Waals surface area contributed by atoms with E-state index in [2.05, 4.69) is 34.5 Å². The quantitative estimate of drug-likeness (QED) is 0.224. The van der Waals surface area contributed by atoms with Crippen LogP contribution in [-0.4, -0.2) is 76.3 Å². The van der Waals surface area contributed by atoms with Crippen LogP contribution in [0.15, 0.2) is 30.9 Å². The zero-order valence-corrected chi connectivity index (χ0v) is 19.0. The van der Waals surface area contributed by atoms with E-state index < -0.39 is 39.0 Å². The molecule has 0 saturated carbocycles. The van der Waals surface area contributed by atoms with Gasteiger partial charge < -0.3 is 40.1 Å². The molecule has 4 rings (SSSR count). The van der Waals surface area contributed by atoms with E-state index in [1.165, 1.54) is 6.33 Å². The number of ether oxygens (including phenoxy) is 1. The molecule has 1 aromatic carbocycles. The molecule has 3 heterocycles. The maximum atomic E-state index is 10.3. The highest BCUT2D eigenvalue weighted by Gasteiger charge is 2.42. The van der Waals surface area contributed by atoms with E-state index in [1.807, 2.05) is 6.07 Å². The number of benzene rings is 1. The van der Waals surface area contributed by atoms with Crippen LogP contribution < -0.4 is 5.32 Å². The Hall–Kier alpha value is -1.90. The molecule has 2 aromatic heterocycles. The summed E-state index contributed by atoms with van der Waals surface area (Å²) in [5.74, 6) is 0.688. The van der Waals surface area contributed by atoms with Gasteiger partial charge in [-0.05, 0) is 17.7 Å². The maximum absolute atomic E-state index is 10.3. The number of aliphatic hydroxyl groups is 3. The monoisotopic (exact) mass is 523 g/mol.